The molecular weight excluding hydrogens is 407 g/mol. The normalized spacial score (nSPS) is 18.9. The van der Waals surface area contributed by atoms with E-state index in [0.717, 1.165) is 25.7 Å². The molecule has 1 fully saturated rings. The summed E-state index contributed by atoms with van der Waals surface area (Å²) in [4.78, 5) is 16.6. The maximum Gasteiger partial charge on any atom is 0.320 e. The molecule has 3 rings (SSSR count). The van der Waals surface area contributed by atoms with Crippen molar-refractivity contribution in [3.8, 4) is 16.9 Å². The number of methoxy groups -OCH3 is 1. The summed E-state index contributed by atoms with van der Waals surface area (Å²) in [6, 6.07) is 6.67. The average molecular weight is 435 g/mol. The molecule has 0 saturated heterocycles. The van der Waals surface area contributed by atoms with Crippen molar-refractivity contribution in [3.63, 3.8) is 0 Å². The third-order valence-corrected chi connectivity index (χ3v) is 5.48. The fourth-order valence-corrected chi connectivity index (χ4v) is 4.02. The number of amides is 2. The van der Waals surface area contributed by atoms with Gasteiger partial charge in [0.15, 0.2) is 0 Å². The van der Waals surface area contributed by atoms with E-state index >= 15 is 0 Å². The molecule has 6 nitrogen and oxygen atoms in total. The molecule has 8 heteroatoms. The number of carbonyl (C=O) groups excluding carboxylic acids is 1. The van der Waals surface area contributed by atoms with Crippen LogP contribution in [0.25, 0.3) is 11.1 Å². The molecule has 0 aliphatic heterocycles. The summed E-state index contributed by atoms with van der Waals surface area (Å²) in [6.07, 6.45) is 5.40. The van der Waals surface area contributed by atoms with Gasteiger partial charge < -0.3 is 15.4 Å². The number of benzene rings is 1. The molecule has 0 spiro atoms. The van der Waals surface area contributed by atoms with Crippen LogP contribution >= 0.6 is 11.6 Å². The second-order valence-corrected chi connectivity index (χ2v) is 8.27. The van der Waals surface area contributed by atoms with Crippen molar-refractivity contribution in [1.29, 1.82) is 0 Å². The van der Waals surface area contributed by atoms with Crippen LogP contribution in [-0.4, -0.2) is 36.3 Å². The topological polar surface area (TPSA) is 75.3 Å². The van der Waals surface area contributed by atoms with Crippen molar-refractivity contribution in [3.05, 3.63) is 41.3 Å². The first kappa shape index (κ1) is 22.3. The number of anilines is 1. The van der Waals surface area contributed by atoms with E-state index in [9.17, 15) is 9.18 Å². The maximum atomic E-state index is 13.5. The van der Waals surface area contributed by atoms with Crippen LogP contribution < -0.4 is 20.7 Å². The molecule has 0 bridgehead atoms. The van der Waals surface area contributed by atoms with E-state index in [2.05, 4.69) is 34.8 Å². The molecule has 1 aliphatic rings. The van der Waals surface area contributed by atoms with Crippen LogP contribution in [0.15, 0.2) is 30.5 Å². The zero-order chi connectivity index (χ0) is 21.7. The highest BCUT2D eigenvalue weighted by molar-refractivity contribution is 6.33. The standard InChI is InChI=1S/C22H28ClFN4O2/c1-13(2)26-15-5-7-16(8-6-15)27-22(29)28-21-11-18(19(23)12-25-21)17-9-4-14(24)10-20(17)30-3/h4,9-13,15-16,26H,5-8H2,1-3H3,(H2,25,27,28,29). The zero-order valence-electron chi connectivity index (χ0n) is 17.5. The predicted octanol–water partition coefficient (Wildman–Crippen LogP) is 4.98. The van der Waals surface area contributed by atoms with Crippen LogP contribution in [0.4, 0.5) is 15.0 Å². The molecule has 2 aromatic rings. The van der Waals surface area contributed by atoms with Gasteiger partial charge >= 0.3 is 6.03 Å². The largest absolute Gasteiger partial charge is 0.496 e. The van der Waals surface area contributed by atoms with Gasteiger partial charge in [-0.3, -0.25) is 5.32 Å². The molecule has 1 aliphatic carbocycles. The molecule has 1 aromatic heterocycles. The van der Waals surface area contributed by atoms with Gasteiger partial charge in [-0.1, -0.05) is 25.4 Å². The van der Waals surface area contributed by atoms with E-state index in [4.69, 9.17) is 16.3 Å². The van der Waals surface area contributed by atoms with Crippen molar-refractivity contribution in [1.82, 2.24) is 15.6 Å². The predicted molar refractivity (Wildman–Crippen MR) is 118 cm³/mol. The SMILES string of the molecule is COc1cc(F)ccc1-c1cc(NC(=O)NC2CCC(NC(C)C)CC2)ncc1Cl. The Bertz CT molecular complexity index is 885. The van der Waals surface area contributed by atoms with Gasteiger partial charge in [-0.25, -0.2) is 14.2 Å². The summed E-state index contributed by atoms with van der Waals surface area (Å²) in [6.45, 7) is 4.29. The summed E-state index contributed by atoms with van der Waals surface area (Å²) < 4.78 is 18.8. The van der Waals surface area contributed by atoms with Gasteiger partial charge in [0.05, 0.1) is 12.1 Å². The molecule has 30 heavy (non-hydrogen) atoms. The lowest BCUT2D eigenvalue weighted by Gasteiger charge is -2.30. The molecule has 3 N–H and O–H groups in total. The van der Waals surface area contributed by atoms with E-state index < -0.39 is 5.82 Å². The highest BCUT2D eigenvalue weighted by Crippen LogP contribution is 2.36. The molecule has 0 atom stereocenters. The van der Waals surface area contributed by atoms with Gasteiger partial charge in [0, 0.05) is 41.5 Å². The van der Waals surface area contributed by atoms with E-state index in [-0.39, 0.29) is 12.1 Å². The molecule has 1 saturated carbocycles. The summed E-state index contributed by atoms with van der Waals surface area (Å²) in [5.74, 6) is 0.301. The Balaban J connectivity index is 1.64. The fraction of sp³-hybridized carbons (Fsp3) is 0.455. The van der Waals surface area contributed by atoms with Crippen molar-refractivity contribution < 1.29 is 13.9 Å². The van der Waals surface area contributed by atoms with E-state index in [1.54, 1.807) is 12.1 Å². The minimum atomic E-state index is -0.406. The number of halogens is 2. The Morgan fingerprint density at radius 3 is 2.53 bits per heavy atom. The lowest BCUT2D eigenvalue weighted by Crippen LogP contribution is -2.45. The summed E-state index contributed by atoms with van der Waals surface area (Å²) in [5, 5.41) is 9.72. The number of ether oxygens (including phenoxy) is 1. The van der Waals surface area contributed by atoms with Crippen LogP contribution in [0.2, 0.25) is 5.02 Å². The number of hydrogen-bond acceptors (Lipinski definition) is 4. The number of nitrogens with zero attached hydrogens (tertiary/aromatic N) is 1. The minimum absolute atomic E-state index is 0.138. The van der Waals surface area contributed by atoms with Crippen LogP contribution in [0.5, 0.6) is 5.75 Å². The van der Waals surface area contributed by atoms with Gasteiger partial charge in [0.2, 0.25) is 0 Å². The Morgan fingerprint density at radius 1 is 1.17 bits per heavy atom. The molecule has 0 radical (unpaired) electrons. The van der Waals surface area contributed by atoms with Crippen LogP contribution in [-0.2, 0) is 0 Å². The van der Waals surface area contributed by atoms with Crippen molar-refractivity contribution in [2.45, 2.75) is 57.7 Å². The summed E-state index contributed by atoms with van der Waals surface area (Å²) in [7, 11) is 1.46. The molecular formula is C22H28ClFN4O2. The number of pyridine rings is 1. The summed E-state index contributed by atoms with van der Waals surface area (Å²) >= 11 is 6.30. The van der Waals surface area contributed by atoms with Gasteiger partial charge in [0.1, 0.15) is 17.4 Å². The van der Waals surface area contributed by atoms with Gasteiger partial charge in [-0.05, 0) is 43.9 Å². The first-order valence-corrected chi connectivity index (χ1v) is 10.6. The number of aromatic nitrogens is 1. The first-order chi connectivity index (χ1) is 14.4. The number of nitrogens with one attached hydrogen (secondary N) is 3. The Morgan fingerprint density at radius 2 is 1.87 bits per heavy atom. The second-order valence-electron chi connectivity index (χ2n) is 7.86. The van der Waals surface area contributed by atoms with Crippen molar-refractivity contribution in [2.75, 3.05) is 12.4 Å². The highest BCUT2D eigenvalue weighted by atomic mass is 35.5. The van der Waals surface area contributed by atoms with Crippen molar-refractivity contribution >= 4 is 23.4 Å². The Kier molecular flexibility index (Phi) is 7.50. The Hall–Kier alpha value is -2.38. The molecule has 0 unspecified atom stereocenters. The highest BCUT2D eigenvalue weighted by Gasteiger charge is 2.23. The summed E-state index contributed by atoms with van der Waals surface area (Å²) in [5.41, 5.74) is 1.21. The quantitative estimate of drug-likeness (QED) is 0.599. The molecule has 1 aromatic carbocycles. The fourth-order valence-electron chi connectivity index (χ4n) is 3.81. The van der Waals surface area contributed by atoms with Crippen LogP contribution in [0, 0.1) is 5.82 Å². The number of hydrogen-bond donors (Lipinski definition) is 3. The zero-order valence-corrected chi connectivity index (χ0v) is 18.2. The van der Waals surface area contributed by atoms with Crippen LogP contribution in [0.3, 0.4) is 0 Å². The lowest BCUT2D eigenvalue weighted by molar-refractivity contribution is 0.239. The molecule has 2 amide bonds. The maximum absolute atomic E-state index is 13.5. The lowest BCUT2D eigenvalue weighted by atomic mass is 9.91. The number of urea groups is 1. The third-order valence-electron chi connectivity index (χ3n) is 5.18. The number of rotatable bonds is 6. The van der Waals surface area contributed by atoms with E-state index in [1.165, 1.54) is 25.4 Å². The van der Waals surface area contributed by atoms with Crippen LogP contribution in [0.1, 0.15) is 39.5 Å². The Labute approximate surface area is 181 Å². The second kappa shape index (κ2) is 10.1. The average Bonchev–Trinajstić information content (AvgIpc) is 2.70. The third kappa shape index (κ3) is 5.83. The van der Waals surface area contributed by atoms with Crippen molar-refractivity contribution in [2.24, 2.45) is 0 Å². The monoisotopic (exact) mass is 434 g/mol. The molecule has 1 heterocycles. The smallest absolute Gasteiger partial charge is 0.320 e. The van der Waals surface area contributed by atoms with Gasteiger partial charge in [-0.15, -0.1) is 0 Å². The first-order valence-electron chi connectivity index (χ1n) is 10.2. The number of carbonyl (C=O) groups is 1. The minimum Gasteiger partial charge on any atom is -0.496 e. The van der Waals surface area contributed by atoms with Gasteiger partial charge in [-0.2, -0.15) is 0 Å². The van der Waals surface area contributed by atoms with Gasteiger partial charge in [0.25, 0.3) is 0 Å². The molecule has 162 valence electrons. The van der Waals surface area contributed by atoms with E-state index in [1.807, 2.05) is 0 Å². The van der Waals surface area contributed by atoms with E-state index in [0.29, 0.717) is 39.8 Å².